The van der Waals surface area contributed by atoms with Crippen LogP contribution in [0.4, 0.5) is 0 Å². The Balaban J connectivity index is 2.11. The predicted molar refractivity (Wildman–Crippen MR) is 73.8 cm³/mol. The van der Waals surface area contributed by atoms with Crippen molar-refractivity contribution in [1.29, 1.82) is 0 Å². The average Bonchev–Trinajstić information content (AvgIpc) is 2.41. The number of aliphatic hydroxyl groups excluding tert-OH is 1. The summed E-state index contributed by atoms with van der Waals surface area (Å²) in [5.41, 5.74) is 0.424. The quantitative estimate of drug-likeness (QED) is 0.761. The van der Waals surface area contributed by atoms with Crippen LogP contribution in [0.2, 0.25) is 0 Å². The Morgan fingerprint density at radius 1 is 1.40 bits per heavy atom. The van der Waals surface area contributed by atoms with Gasteiger partial charge in [0.1, 0.15) is 0 Å². The van der Waals surface area contributed by atoms with E-state index in [2.05, 4.69) is 21.2 Å². The van der Waals surface area contributed by atoms with E-state index in [0.717, 1.165) is 0 Å². The van der Waals surface area contributed by atoms with E-state index in [0.29, 0.717) is 23.1 Å². The number of carbonyl (C=O) groups is 2. The van der Waals surface area contributed by atoms with Crippen molar-refractivity contribution in [2.75, 3.05) is 13.2 Å². The average molecular weight is 344 g/mol. The third-order valence-corrected chi connectivity index (χ3v) is 3.76. The fourth-order valence-corrected chi connectivity index (χ4v) is 2.53. The summed E-state index contributed by atoms with van der Waals surface area (Å²) in [6, 6.07) is 3.82. The highest BCUT2D eigenvalue weighted by Crippen LogP contribution is 2.19. The second-order valence-corrected chi connectivity index (χ2v) is 5.37. The predicted octanol–water partition coefficient (Wildman–Crippen LogP) is 1.03. The number of rotatable bonds is 3. The van der Waals surface area contributed by atoms with E-state index in [1.54, 1.807) is 0 Å². The van der Waals surface area contributed by atoms with Crippen molar-refractivity contribution < 1.29 is 24.5 Å². The maximum absolute atomic E-state index is 12.1. The molecule has 1 aliphatic rings. The summed E-state index contributed by atoms with van der Waals surface area (Å²) in [6.07, 6.45) is -0.192. The first-order valence-corrected chi connectivity index (χ1v) is 6.88. The normalized spacial score (nSPS) is 22.3. The molecule has 1 saturated heterocycles. The first-order chi connectivity index (χ1) is 9.49. The van der Waals surface area contributed by atoms with Gasteiger partial charge in [0.25, 0.3) is 5.91 Å². The molecule has 7 heteroatoms. The standard InChI is InChI=1S/C13H14BrNO5/c14-9-5-7(13(18)19)1-2-8(9)12(17)15-10-3-4-20-6-11(10)16/h1-2,5,10-11,16H,3-4,6H2,(H,15,17)(H,18,19). The molecule has 2 atom stereocenters. The lowest BCUT2D eigenvalue weighted by atomic mass is 10.1. The van der Waals surface area contributed by atoms with Gasteiger partial charge in [0, 0.05) is 11.1 Å². The van der Waals surface area contributed by atoms with Crippen LogP contribution < -0.4 is 5.32 Å². The SMILES string of the molecule is O=C(O)c1ccc(C(=O)NC2CCOCC2O)c(Br)c1. The molecule has 0 bridgehead atoms. The summed E-state index contributed by atoms with van der Waals surface area (Å²) >= 11 is 3.18. The Morgan fingerprint density at radius 2 is 2.15 bits per heavy atom. The van der Waals surface area contributed by atoms with Crippen LogP contribution in [0.1, 0.15) is 27.1 Å². The third-order valence-electron chi connectivity index (χ3n) is 3.10. The summed E-state index contributed by atoms with van der Waals surface area (Å²) in [5, 5.41) is 21.3. The summed E-state index contributed by atoms with van der Waals surface area (Å²) in [6.45, 7) is 0.686. The number of aliphatic hydroxyl groups is 1. The van der Waals surface area contributed by atoms with Crippen LogP contribution in [0.5, 0.6) is 0 Å². The van der Waals surface area contributed by atoms with Gasteiger partial charge in [-0.15, -0.1) is 0 Å². The van der Waals surface area contributed by atoms with Crippen molar-refractivity contribution in [2.24, 2.45) is 0 Å². The number of hydrogen-bond acceptors (Lipinski definition) is 4. The van der Waals surface area contributed by atoms with Gasteiger partial charge in [-0.3, -0.25) is 4.79 Å². The molecule has 0 radical (unpaired) electrons. The highest BCUT2D eigenvalue weighted by Gasteiger charge is 2.26. The number of carbonyl (C=O) groups excluding carboxylic acids is 1. The fourth-order valence-electron chi connectivity index (χ4n) is 1.97. The molecule has 1 heterocycles. The summed E-state index contributed by atoms with van der Waals surface area (Å²) in [4.78, 5) is 22.9. The lowest BCUT2D eigenvalue weighted by molar-refractivity contribution is -0.0260. The van der Waals surface area contributed by atoms with E-state index in [9.17, 15) is 14.7 Å². The van der Waals surface area contributed by atoms with Crippen molar-refractivity contribution in [3.8, 4) is 0 Å². The van der Waals surface area contributed by atoms with E-state index < -0.39 is 12.1 Å². The van der Waals surface area contributed by atoms with Gasteiger partial charge < -0.3 is 20.3 Å². The Bertz CT molecular complexity index is 533. The monoisotopic (exact) mass is 343 g/mol. The van der Waals surface area contributed by atoms with E-state index in [-0.39, 0.29) is 24.1 Å². The fraction of sp³-hybridized carbons (Fsp3) is 0.385. The molecule has 108 valence electrons. The van der Waals surface area contributed by atoms with E-state index >= 15 is 0 Å². The molecule has 2 unspecified atom stereocenters. The van der Waals surface area contributed by atoms with Gasteiger partial charge in [-0.1, -0.05) is 0 Å². The zero-order chi connectivity index (χ0) is 14.7. The van der Waals surface area contributed by atoms with Crippen molar-refractivity contribution in [3.05, 3.63) is 33.8 Å². The molecular formula is C13H14BrNO5. The molecule has 6 nitrogen and oxygen atoms in total. The van der Waals surface area contributed by atoms with Crippen LogP contribution in [-0.4, -0.2) is 47.4 Å². The van der Waals surface area contributed by atoms with Crippen LogP contribution in [0.15, 0.2) is 22.7 Å². The van der Waals surface area contributed by atoms with Crippen LogP contribution in [0.25, 0.3) is 0 Å². The molecule has 0 aromatic heterocycles. The summed E-state index contributed by atoms with van der Waals surface area (Å²) in [5.74, 6) is -1.42. The van der Waals surface area contributed by atoms with Gasteiger partial charge in [-0.2, -0.15) is 0 Å². The van der Waals surface area contributed by atoms with Crippen LogP contribution >= 0.6 is 15.9 Å². The minimum atomic E-state index is -1.06. The van der Waals surface area contributed by atoms with Crippen LogP contribution in [0.3, 0.4) is 0 Å². The molecule has 0 saturated carbocycles. The van der Waals surface area contributed by atoms with Crippen molar-refractivity contribution in [1.82, 2.24) is 5.32 Å². The smallest absolute Gasteiger partial charge is 0.335 e. The summed E-state index contributed by atoms with van der Waals surface area (Å²) in [7, 11) is 0. The Morgan fingerprint density at radius 3 is 2.75 bits per heavy atom. The van der Waals surface area contributed by atoms with E-state index in [1.807, 2.05) is 0 Å². The highest BCUT2D eigenvalue weighted by atomic mass is 79.9. The van der Waals surface area contributed by atoms with Gasteiger partial charge in [0.05, 0.1) is 29.9 Å². The summed E-state index contributed by atoms with van der Waals surface area (Å²) < 4.78 is 5.49. The first kappa shape index (κ1) is 15.0. The number of amides is 1. The molecule has 1 amide bonds. The van der Waals surface area contributed by atoms with Gasteiger partial charge in [-0.05, 0) is 40.5 Å². The largest absolute Gasteiger partial charge is 0.478 e. The molecule has 20 heavy (non-hydrogen) atoms. The molecule has 1 fully saturated rings. The van der Waals surface area contributed by atoms with Crippen molar-refractivity contribution in [2.45, 2.75) is 18.6 Å². The number of benzene rings is 1. The van der Waals surface area contributed by atoms with Gasteiger partial charge in [-0.25, -0.2) is 4.79 Å². The zero-order valence-electron chi connectivity index (χ0n) is 10.5. The molecule has 1 aromatic rings. The van der Waals surface area contributed by atoms with Crippen LogP contribution in [-0.2, 0) is 4.74 Å². The number of halogens is 1. The number of carboxylic acids is 1. The number of carboxylic acid groups (broad SMARTS) is 1. The van der Waals surface area contributed by atoms with E-state index in [4.69, 9.17) is 9.84 Å². The van der Waals surface area contributed by atoms with Crippen LogP contribution in [0, 0.1) is 0 Å². The number of aromatic carboxylic acids is 1. The second kappa shape index (κ2) is 6.34. The Hall–Kier alpha value is -1.44. The van der Waals surface area contributed by atoms with Crippen molar-refractivity contribution >= 4 is 27.8 Å². The zero-order valence-corrected chi connectivity index (χ0v) is 12.1. The Kier molecular flexibility index (Phi) is 4.74. The van der Waals surface area contributed by atoms with Gasteiger partial charge in [0.2, 0.25) is 0 Å². The second-order valence-electron chi connectivity index (χ2n) is 4.51. The van der Waals surface area contributed by atoms with Gasteiger partial charge in [0.15, 0.2) is 0 Å². The van der Waals surface area contributed by atoms with E-state index in [1.165, 1.54) is 18.2 Å². The molecule has 3 N–H and O–H groups in total. The molecule has 1 aromatic carbocycles. The third kappa shape index (κ3) is 3.36. The van der Waals surface area contributed by atoms with Crippen molar-refractivity contribution in [3.63, 3.8) is 0 Å². The molecule has 0 aliphatic carbocycles. The number of ether oxygens (including phenoxy) is 1. The number of nitrogens with one attached hydrogen (secondary N) is 1. The Labute approximate surface area is 123 Å². The lowest BCUT2D eigenvalue weighted by Crippen LogP contribution is -2.48. The minimum Gasteiger partial charge on any atom is -0.478 e. The topological polar surface area (TPSA) is 95.9 Å². The molecule has 2 rings (SSSR count). The minimum absolute atomic E-state index is 0.0968. The maximum Gasteiger partial charge on any atom is 0.335 e. The molecule has 0 spiro atoms. The highest BCUT2D eigenvalue weighted by molar-refractivity contribution is 9.10. The number of hydrogen-bond donors (Lipinski definition) is 3. The maximum atomic E-state index is 12.1. The molecule has 1 aliphatic heterocycles. The lowest BCUT2D eigenvalue weighted by Gasteiger charge is -2.28. The van der Waals surface area contributed by atoms with Gasteiger partial charge >= 0.3 is 5.97 Å². The first-order valence-electron chi connectivity index (χ1n) is 6.08. The molecular weight excluding hydrogens is 330 g/mol.